The van der Waals surface area contributed by atoms with Crippen molar-refractivity contribution in [3.8, 4) is 5.75 Å². The lowest BCUT2D eigenvalue weighted by Crippen LogP contribution is -2.29. The van der Waals surface area contributed by atoms with Crippen LogP contribution < -0.4 is 10.1 Å². The van der Waals surface area contributed by atoms with Crippen LogP contribution in [-0.2, 0) is 0 Å². The number of nitrogens with one attached hydrogen (secondary N) is 1. The highest BCUT2D eigenvalue weighted by molar-refractivity contribution is 6.30. The normalized spacial score (nSPS) is 11.6. The summed E-state index contributed by atoms with van der Waals surface area (Å²) in [6, 6.07) is 18.0. The maximum atomic E-state index is 12.9. The molecule has 0 aliphatic heterocycles. The molecule has 0 fully saturated rings. The molecule has 132 valence electrons. The molecule has 1 heterocycles. The zero-order chi connectivity index (χ0) is 18.4. The van der Waals surface area contributed by atoms with Crippen LogP contribution in [0.4, 0.5) is 0 Å². The predicted octanol–water partition coefficient (Wildman–Crippen LogP) is 4.65. The number of para-hydroxylation sites is 1. The topological polar surface area (TPSA) is 51.2 Å². The van der Waals surface area contributed by atoms with Crippen LogP contribution in [0.5, 0.6) is 5.75 Å². The fourth-order valence-corrected chi connectivity index (χ4v) is 2.83. The van der Waals surface area contributed by atoms with E-state index in [2.05, 4.69) is 10.3 Å². The molecular weight excluding hydrogens is 348 g/mol. The number of ether oxygens (including phenoxy) is 1. The van der Waals surface area contributed by atoms with Crippen molar-refractivity contribution >= 4 is 17.5 Å². The SMILES string of the molecule is CCOc1ccccc1C(=O)NC(c1ccc(Cl)cc1)c1cccnc1. The first kappa shape index (κ1) is 18.0. The van der Waals surface area contributed by atoms with Crippen molar-refractivity contribution in [1.29, 1.82) is 0 Å². The van der Waals surface area contributed by atoms with E-state index in [9.17, 15) is 4.79 Å². The van der Waals surface area contributed by atoms with Crippen molar-refractivity contribution in [2.45, 2.75) is 13.0 Å². The van der Waals surface area contributed by atoms with E-state index >= 15 is 0 Å². The van der Waals surface area contributed by atoms with Gasteiger partial charge >= 0.3 is 0 Å². The summed E-state index contributed by atoms with van der Waals surface area (Å²) in [7, 11) is 0. The average Bonchev–Trinajstić information content (AvgIpc) is 2.68. The molecule has 5 heteroatoms. The van der Waals surface area contributed by atoms with Gasteiger partial charge in [-0.2, -0.15) is 0 Å². The fourth-order valence-electron chi connectivity index (χ4n) is 2.71. The van der Waals surface area contributed by atoms with Crippen LogP contribution in [-0.4, -0.2) is 17.5 Å². The maximum absolute atomic E-state index is 12.9. The monoisotopic (exact) mass is 366 g/mol. The molecule has 0 saturated heterocycles. The molecule has 2 aromatic carbocycles. The molecule has 0 radical (unpaired) electrons. The zero-order valence-electron chi connectivity index (χ0n) is 14.4. The van der Waals surface area contributed by atoms with Gasteiger partial charge in [0.1, 0.15) is 5.75 Å². The van der Waals surface area contributed by atoms with Gasteiger partial charge < -0.3 is 10.1 Å². The quantitative estimate of drug-likeness (QED) is 0.690. The highest BCUT2D eigenvalue weighted by Crippen LogP contribution is 2.25. The van der Waals surface area contributed by atoms with Crippen LogP contribution in [0.2, 0.25) is 5.02 Å². The van der Waals surface area contributed by atoms with Crippen molar-refractivity contribution in [2.75, 3.05) is 6.61 Å². The van der Waals surface area contributed by atoms with Crippen LogP contribution in [0.15, 0.2) is 73.1 Å². The van der Waals surface area contributed by atoms with Gasteiger partial charge in [0.05, 0.1) is 18.2 Å². The van der Waals surface area contributed by atoms with E-state index < -0.39 is 0 Å². The molecule has 3 rings (SSSR count). The third-order valence-corrected chi connectivity index (χ3v) is 4.18. The van der Waals surface area contributed by atoms with Gasteiger partial charge in [-0.3, -0.25) is 9.78 Å². The highest BCUT2D eigenvalue weighted by Gasteiger charge is 2.20. The Morgan fingerprint density at radius 2 is 1.85 bits per heavy atom. The molecule has 1 unspecified atom stereocenters. The van der Waals surface area contributed by atoms with Gasteiger partial charge in [-0.05, 0) is 48.4 Å². The summed E-state index contributed by atoms with van der Waals surface area (Å²) in [4.78, 5) is 17.1. The number of hydrogen-bond donors (Lipinski definition) is 1. The van der Waals surface area contributed by atoms with Gasteiger partial charge in [0.2, 0.25) is 0 Å². The largest absolute Gasteiger partial charge is 0.493 e. The summed E-state index contributed by atoms with van der Waals surface area (Å²) in [5.41, 5.74) is 2.30. The van der Waals surface area contributed by atoms with E-state index in [0.29, 0.717) is 22.9 Å². The molecule has 1 amide bonds. The number of rotatable bonds is 6. The molecule has 3 aromatic rings. The Labute approximate surface area is 157 Å². The lowest BCUT2D eigenvalue weighted by atomic mass is 9.99. The number of hydrogen-bond acceptors (Lipinski definition) is 3. The van der Waals surface area contributed by atoms with E-state index in [1.165, 1.54) is 0 Å². The van der Waals surface area contributed by atoms with E-state index in [-0.39, 0.29) is 11.9 Å². The Hall–Kier alpha value is -2.85. The van der Waals surface area contributed by atoms with Gasteiger partial charge in [0.25, 0.3) is 5.91 Å². The fraction of sp³-hybridized carbons (Fsp3) is 0.143. The van der Waals surface area contributed by atoms with Crippen LogP contribution in [0.1, 0.15) is 34.5 Å². The Morgan fingerprint density at radius 1 is 1.08 bits per heavy atom. The van der Waals surface area contributed by atoms with E-state index in [0.717, 1.165) is 11.1 Å². The summed E-state index contributed by atoms with van der Waals surface area (Å²) >= 11 is 6.00. The number of amides is 1. The highest BCUT2D eigenvalue weighted by atomic mass is 35.5. The predicted molar refractivity (Wildman–Crippen MR) is 103 cm³/mol. The van der Waals surface area contributed by atoms with Crippen LogP contribution in [0.25, 0.3) is 0 Å². The summed E-state index contributed by atoms with van der Waals surface area (Å²) in [5, 5.41) is 3.73. The minimum atomic E-state index is -0.344. The summed E-state index contributed by atoms with van der Waals surface area (Å²) in [5.74, 6) is 0.353. The van der Waals surface area contributed by atoms with Gasteiger partial charge in [0.15, 0.2) is 0 Å². The number of carbonyl (C=O) groups is 1. The Balaban J connectivity index is 1.93. The van der Waals surface area contributed by atoms with Crippen LogP contribution in [0.3, 0.4) is 0 Å². The third-order valence-electron chi connectivity index (χ3n) is 3.93. The number of carbonyl (C=O) groups excluding carboxylic acids is 1. The second-order valence-electron chi connectivity index (χ2n) is 5.67. The molecule has 0 saturated carbocycles. The molecule has 1 aromatic heterocycles. The molecule has 1 atom stereocenters. The lowest BCUT2D eigenvalue weighted by Gasteiger charge is -2.20. The molecular formula is C21H19ClN2O2. The second-order valence-corrected chi connectivity index (χ2v) is 6.11. The van der Waals surface area contributed by atoms with E-state index in [1.54, 1.807) is 36.7 Å². The summed E-state index contributed by atoms with van der Waals surface area (Å²) in [6.07, 6.45) is 3.45. The maximum Gasteiger partial charge on any atom is 0.255 e. The van der Waals surface area contributed by atoms with Gasteiger partial charge in [-0.25, -0.2) is 0 Å². The first-order valence-corrected chi connectivity index (χ1v) is 8.75. The van der Waals surface area contributed by atoms with Crippen molar-refractivity contribution in [3.63, 3.8) is 0 Å². The standard InChI is InChI=1S/C21H19ClN2O2/c1-2-26-19-8-4-3-7-18(19)21(25)24-20(16-6-5-13-23-14-16)15-9-11-17(22)12-10-15/h3-14,20H,2H2,1H3,(H,24,25). The van der Waals surface area contributed by atoms with Crippen LogP contribution >= 0.6 is 11.6 Å². The lowest BCUT2D eigenvalue weighted by molar-refractivity contribution is 0.0939. The van der Waals surface area contributed by atoms with Crippen molar-refractivity contribution in [2.24, 2.45) is 0 Å². The Morgan fingerprint density at radius 3 is 2.54 bits per heavy atom. The smallest absolute Gasteiger partial charge is 0.255 e. The van der Waals surface area contributed by atoms with Gasteiger partial charge in [-0.1, -0.05) is 41.9 Å². The minimum Gasteiger partial charge on any atom is -0.493 e. The first-order valence-electron chi connectivity index (χ1n) is 8.37. The Bertz CT molecular complexity index is 867. The number of nitrogens with zero attached hydrogens (tertiary/aromatic N) is 1. The summed E-state index contributed by atoms with van der Waals surface area (Å²) in [6.45, 7) is 2.38. The van der Waals surface area contributed by atoms with Crippen molar-refractivity contribution in [3.05, 3.63) is 94.8 Å². The molecule has 0 bridgehead atoms. The van der Waals surface area contributed by atoms with Crippen LogP contribution in [0, 0.1) is 0 Å². The molecule has 26 heavy (non-hydrogen) atoms. The number of halogens is 1. The minimum absolute atomic E-state index is 0.210. The van der Waals surface area contributed by atoms with Crippen molar-refractivity contribution in [1.82, 2.24) is 10.3 Å². The summed E-state index contributed by atoms with van der Waals surface area (Å²) < 4.78 is 5.58. The molecule has 4 nitrogen and oxygen atoms in total. The molecule has 0 aliphatic rings. The van der Waals surface area contributed by atoms with Gasteiger partial charge in [0, 0.05) is 17.4 Å². The number of benzene rings is 2. The number of pyridine rings is 1. The van der Waals surface area contributed by atoms with E-state index in [4.69, 9.17) is 16.3 Å². The first-order chi connectivity index (χ1) is 12.7. The molecule has 0 spiro atoms. The molecule has 0 aliphatic carbocycles. The third kappa shape index (κ3) is 4.21. The average molecular weight is 367 g/mol. The second kappa shape index (κ2) is 8.50. The van der Waals surface area contributed by atoms with Gasteiger partial charge in [-0.15, -0.1) is 0 Å². The molecule has 1 N–H and O–H groups in total. The van der Waals surface area contributed by atoms with E-state index in [1.807, 2.05) is 43.3 Å². The number of aromatic nitrogens is 1. The van der Waals surface area contributed by atoms with Crippen molar-refractivity contribution < 1.29 is 9.53 Å². The zero-order valence-corrected chi connectivity index (χ0v) is 15.1. The Kier molecular flexibility index (Phi) is 5.87.